The van der Waals surface area contributed by atoms with Crippen molar-refractivity contribution in [2.75, 3.05) is 0 Å². The molecule has 1 unspecified atom stereocenters. The quantitative estimate of drug-likeness (QED) is 0.469. The molecule has 0 aromatic rings. The third-order valence-electron chi connectivity index (χ3n) is 1.50. The van der Waals surface area contributed by atoms with Crippen molar-refractivity contribution in [3.8, 4) is 0 Å². The van der Waals surface area contributed by atoms with E-state index >= 15 is 0 Å². The molecule has 1 rings (SSSR count). The average Bonchev–Trinajstić information content (AvgIpc) is 1.72. The molecule has 1 aliphatic rings. The molecule has 0 aliphatic heterocycles. The van der Waals surface area contributed by atoms with Crippen molar-refractivity contribution in [1.82, 2.24) is 0 Å². The fourth-order valence-electron chi connectivity index (χ4n) is 1.06. The van der Waals surface area contributed by atoms with Gasteiger partial charge < -0.3 is 0 Å². The molecule has 0 aromatic carbocycles. The van der Waals surface area contributed by atoms with Gasteiger partial charge in [-0.25, -0.2) is 0 Å². The van der Waals surface area contributed by atoms with Crippen LogP contribution >= 0.6 is 0 Å². The van der Waals surface area contributed by atoms with E-state index in [9.17, 15) is 0 Å². The second-order valence-electron chi connectivity index (χ2n) is 2.12. The van der Waals surface area contributed by atoms with Gasteiger partial charge in [0.25, 0.3) is 0 Å². The first-order valence-electron chi connectivity index (χ1n) is 3.00. The van der Waals surface area contributed by atoms with Crippen molar-refractivity contribution < 1.29 is 0 Å². The Bertz CT molecular complexity index is 19.7. The Balaban J connectivity index is 0.000000360. The summed E-state index contributed by atoms with van der Waals surface area (Å²) in [6.45, 7) is 0. The topological polar surface area (TPSA) is 0 Å². The molecule has 0 spiro atoms. The van der Waals surface area contributed by atoms with Crippen LogP contribution in [0.15, 0.2) is 0 Å². The molecule has 1 saturated carbocycles. The molecule has 1 aliphatic carbocycles. The Morgan fingerprint density at radius 2 is 0.571 bits per heavy atom. The zero-order valence-electron chi connectivity index (χ0n) is 4.95. The zero-order valence-corrected chi connectivity index (χ0v) is 7.92. The summed E-state index contributed by atoms with van der Waals surface area (Å²) in [6, 6.07) is 0. The van der Waals surface area contributed by atoms with Gasteiger partial charge >= 0.3 is 18.0 Å². The molecule has 7 heavy (non-hydrogen) atoms. The van der Waals surface area contributed by atoms with Crippen molar-refractivity contribution in [2.45, 2.75) is 38.5 Å². The van der Waals surface area contributed by atoms with Gasteiger partial charge in [-0.3, -0.25) is 0 Å². The summed E-state index contributed by atoms with van der Waals surface area (Å²) < 4.78 is 0. The fraction of sp³-hybridized carbons (Fsp3) is 1.00. The van der Waals surface area contributed by atoms with Gasteiger partial charge in [-0.15, -0.1) is 0 Å². The van der Waals surface area contributed by atoms with Gasteiger partial charge in [0.15, 0.2) is 0 Å². The summed E-state index contributed by atoms with van der Waals surface area (Å²) in [6.07, 6.45) is 9.00. The van der Waals surface area contributed by atoms with Crippen molar-refractivity contribution in [3.05, 3.63) is 0 Å². The predicted octanol–water partition coefficient (Wildman–Crippen LogP) is 1.16. The average molecular weight is 162 g/mol. The maximum atomic E-state index is 1.50. The van der Waals surface area contributed by atoms with Gasteiger partial charge in [-0.1, -0.05) is 38.5 Å². The third kappa shape index (κ3) is 3.17. The van der Waals surface area contributed by atoms with Gasteiger partial charge in [0.2, 0.25) is 0 Å². The van der Waals surface area contributed by atoms with Crippen molar-refractivity contribution in [2.24, 2.45) is 0 Å². The Morgan fingerprint density at radius 3 is 0.714 bits per heavy atom. The molecule has 1 fully saturated rings. The zero-order chi connectivity index (χ0) is 4.24. The summed E-state index contributed by atoms with van der Waals surface area (Å²) in [5, 5.41) is 0. The minimum atomic E-state index is 0. The Hall–Kier alpha value is 0.558. The van der Waals surface area contributed by atoms with Crippen LogP contribution in [-0.2, 0) is 0 Å². The first-order chi connectivity index (χ1) is 3.00. The molecule has 0 amide bonds. The van der Waals surface area contributed by atoms with E-state index in [2.05, 4.69) is 0 Å². The van der Waals surface area contributed by atoms with Crippen LogP contribution in [0, 0.1) is 0 Å². The van der Waals surface area contributed by atoms with E-state index in [-0.39, 0.29) is 18.0 Å². The summed E-state index contributed by atoms with van der Waals surface area (Å²) in [5.74, 6) is 0. The van der Waals surface area contributed by atoms with Gasteiger partial charge in [0.1, 0.15) is 0 Å². The van der Waals surface area contributed by atoms with Crippen LogP contribution in [0.3, 0.4) is 0 Å². The fourth-order valence-corrected chi connectivity index (χ4v) is 1.06. The second kappa shape index (κ2) is 4.71. The molecule has 0 bridgehead atoms. The summed E-state index contributed by atoms with van der Waals surface area (Å²) in [4.78, 5) is 0. The number of rotatable bonds is 0. The monoisotopic (exact) mass is 162 g/mol. The summed E-state index contributed by atoms with van der Waals surface area (Å²) >= 11 is 0. The summed E-state index contributed by atoms with van der Waals surface area (Å²) in [7, 11) is 0. The number of hydrogen-bond acceptors (Lipinski definition) is 0. The van der Waals surface area contributed by atoms with Crippen LogP contribution < -0.4 is 0 Å². The van der Waals surface area contributed by atoms with E-state index in [4.69, 9.17) is 0 Å². The van der Waals surface area contributed by atoms with Crippen LogP contribution in [0.4, 0.5) is 0 Å². The third-order valence-corrected chi connectivity index (χ3v) is 1.50. The molecule has 0 N–H and O–H groups in total. The van der Waals surface area contributed by atoms with Crippen LogP contribution in [0.25, 0.3) is 0 Å². The molecule has 0 heterocycles. The van der Waals surface area contributed by atoms with Crippen LogP contribution in [0.2, 0.25) is 0 Å². The second-order valence-corrected chi connectivity index (χ2v) is 2.12. The van der Waals surface area contributed by atoms with Crippen molar-refractivity contribution in [1.29, 1.82) is 0 Å². The summed E-state index contributed by atoms with van der Waals surface area (Å²) in [5.41, 5.74) is 0. The van der Waals surface area contributed by atoms with Gasteiger partial charge in [-0.2, -0.15) is 0 Å². The normalized spacial score (nSPS) is 20.6. The predicted molar refractivity (Wildman–Crippen MR) is 37.6 cm³/mol. The molecule has 1 atom stereocenters. The van der Waals surface area contributed by atoms with Crippen LogP contribution in [-0.4, -0.2) is 18.0 Å². The molecular formula is C6H15As. The molecule has 44 valence electrons. The van der Waals surface area contributed by atoms with E-state index in [1.54, 1.807) is 0 Å². The molecule has 0 nitrogen and oxygen atoms in total. The van der Waals surface area contributed by atoms with Crippen LogP contribution in [0.5, 0.6) is 0 Å². The van der Waals surface area contributed by atoms with E-state index < -0.39 is 0 Å². The Kier molecular flexibility index (Phi) is 5.09. The van der Waals surface area contributed by atoms with E-state index in [0.29, 0.717) is 0 Å². The first kappa shape index (κ1) is 7.56. The molecular weight excluding hydrogens is 147 g/mol. The molecule has 0 radical (unpaired) electrons. The number of hydrogen-bond donors (Lipinski definition) is 0. The Labute approximate surface area is 57.0 Å². The minimum absolute atomic E-state index is 0. The van der Waals surface area contributed by atoms with Crippen molar-refractivity contribution in [3.63, 3.8) is 0 Å². The van der Waals surface area contributed by atoms with E-state index in [1.165, 1.54) is 38.5 Å². The molecule has 0 aromatic heterocycles. The van der Waals surface area contributed by atoms with Gasteiger partial charge in [0.05, 0.1) is 0 Å². The first-order valence-corrected chi connectivity index (χ1v) is 3.00. The Morgan fingerprint density at radius 1 is 0.429 bits per heavy atom. The SMILES string of the molecule is C1CCCCC1.[AsH3]. The standard InChI is InChI=1S/C6H12.AsH3/c1-2-4-6-5-3-1;/h1-6H2;1H3. The molecule has 1 heteroatoms. The van der Waals surface area contributed by atoms with Crippen molar-refractivity contribution >= 4 is 18.0 Å². The van der Waals surface area contributed by atoms with Crippen LogP contribution in [0.1, 0.15) is 38.5 Å². The van der Waals surface area contributed by atoms with Gasteiger partial charge in [-0.05, 0) is 0 Å². The van der Waals surface area contributed by atoms with Gasteiger partial charge in [0, 0.05) is 0 Å². The molecule has 0 saturated heterocycles. The maximum absolute atomic E-state index is 1.50. The van der Waals surface area contributed by atoms with E-state index in [1.807, 2.05) is 0 Å². The van der Waals surface area contributed by atoms with E-state index in [0.717, 1.165) is 0 Å².